The molecule has 0 aliphatic carbocycles. The average molecular weight is 404 g/mol. The van der Waals surface area contributed by atoms with E-state index in [1.807, 2.05) is 48.5 Å². The highest BCUT2D eigenvalue weighted by Crippen LogP contribution is 2.31. The lowest BCUT2D eigenvalue weighted by Crippen LogP contribution is -2.27. The van der Waals surface area contributed by atoms with Crippen LogP contribution in [0.4, 0.5) is 5.69 Å². The number of hydrogen-bond donors (Lipinski definition) is 2. The van der Waals surface area contributed by atoms with Crippen LogP contribution in [0, 0.1) is 0 Å². The minimum Gasteiger partial charge on any atom is -0.493 e. The number of anilines is 1. The number of hydrogen-bond acceptors (Lipinski definition) is 5. The maximum Gasteiger partial charge on any atom is 0.171 e. The number of fused-ring (bicyclic) bond motifs is 2. The Morgan fingerprint density at radius 3 is 2.10 bits per heavy atom. The lowest BCUT2D eigenvalue weighted by Gasteiger charge is -2.12. The van der Waals surface area contributed by atoms with E-state index in [2.05, 4.69) is 27.8 Å². The van der Waals surface area contributed by atoms with E-state index in [-0.39, 0.29) is 0 Å². The highest BCUT2D eigenvalue weighted by molar-refractivity contribution is 7.80. The number of nitrogens with one attached hydrogen (secondary N) is 2. The van der Waals surface area contributed by atoms with Crippen molar-refractivity contribution in [2.24, 2.45) is 0 Å². The molecule has 0 unspecified atom stereocenters. The summed E-state index contributed by atoms with van der Waals surface area (Å²) < 4.78 is 10.7. The van der Waals surface area contributed by atoms with Crippen molar-refractivity contribution in [2.75, 3.05) is 19.5 Å². The van der Waals surface area contributed by atoms with Crippen LogP contribution in [-0.4, -0.2) is 29.3 Å². The van der Waals surface area contributed by atoms with Crippen molar-refractivity contribution < 1.29 is 9.47 Å². The summed E-state index contributed by atoms with van der Waals surface area (Å²) in [5.41, 5.74) is 5.04. The van der Waals surface area contributed by atoms with Gasteiger partial charge in [0.15, 0.2) is 16.6 Å². The van der Waals surface area contributed by atoms with Gasteiger partial charge in [-0.2, -0.15) is 0 Å². The Hall–Kier alpha value is -3.45. The van der Waals surface area contributed by atoms with Gasteiger partial charge in [-0.15, -0.1) is 0 Å². The SMILES string of the molecule is COc1cc2nc3ccc(NC(=S)NCc4ccccc4)cc3nc2cc1OC. The number of thiocarbonyl (C=S) groups is 1. The molecule has 4 rings (SSSR count). The number of nitrogens with zero attached hydrogens (tertiary/aromatic N) is 2. The van der Waals surface area contributed by atoms with Crippen molar-refractivity contribution in [2.45, 2.75) is 6.54 Å². The maximum absolute atomic E-state index is 5.41. The van der Waals surface area contributed by atoms with Crippen LogP contribution in [0.25, 0.3) is 22.1 Å². The van der Waals surface area contributed by atoms with Crippen LogP contribution < -0.4 is 20.1 Å². The predicted molar refractivity (Wildman–Crippen MR) is 120 cm³/mol. The molecule has 0 spiro atoms. The minimum atomic E-state index is 0.549. The average Bonchev–Trinajstić information content (AvgIpc) is 2.76. The molecule has 0 bridgehead atoms. The fraction of sp³-hybridized carbons (Fsp3) is 0.136. The Labute approximate surface area is 173 Å². The number of aromatic nitrogens is 2. The van der Waals surface area contributed by atoms with Gasteiger partial charge in [-0.1, -0.05) is 30.3 Å². The largest absolute Gasteiger partial charge is 0.493 e. The molecule has 7 heteroatoms. The summed E-state index contributed by atoms with van der Waals surface area (Å²) in [4.78, 5) is 9.41. The number of ether oxygens (including phenoxy) is 2. The van der Waals surface area contributed by atoms with E-state index in [9.17, 15) is 0 Å². The molecule has 1 heterocycles. The molecule has 1 aromatic heterocycles. The zero-order valence-electron chi connectivity index (χ0n) is 16.1. The van der Waals surface area contributed by atoms with Crippen molar-refractivity contribution in [3.05, 3.63) is 66.2 Å². The van der Waals surface area contributed by atoms with Crippen molar-refractivity contribution in [3.8, 4) is 11.5 Å². The predicted octanol–water partition coefficient (Wildman–Crippen LogP) is 4.29. The van der Waals surface area contributed by atoms with Gasteiger partial charge in [-0.3, -0.25) is 0 Å². The third-order valence-corrected chi connectivity index (χ3v) is 4.74. The first kappa shape index (κ1) is 18.9. The molecule has 0 amide bonds. The Morgan fingerprint density at radius 2 is 1.45 bits per heavy atom. The van der Waals surface area contributed by atoms with Gasteiger partial charge in [0.05, 0.1) is 36.3 Å². The van der Waals surface area contributed by atoms with Crippen molar-refractivity contribution in [3.63, 3.8) is 0 Å². The standard InChI is InChI=1S/C22H20N4O2S/c1-27-20-11-18-19(12-21(20)28-2)26-17-10-15(8-9-16(17)25-18)24-22(29)23-13-14-6-4-3-5-7-14/h3-12H,13H2,1-2H3,(H2,23,24,29). The Balaban J connectivity index is 1.56. The van der Waals surface area contributed by atoms with Gasteiger partial charge in [0.2, 0.25) is 0 Å². The van der Waals surface area contributed by atoms with Gasteiger partial charge in [0.1, 0.15) is 0 Å². The second-order valence-electron chi connectivity index (χ2n) is 6.42. The van der Waals surface area contributed by atoms with E-state index in [4.69, 9.17) is 26.7 Å². The summed E-state index contributed by atoms with van der Waals surface area (Å²) in [6, 6.07) is 19.5. The van der Waals surface area contributed by atoms with Gasteiger partial charge >= 0.3 is 0 Å². The topological polar surface area (TPSA) is 68.3 Å². The number of methoxy groups -OCH3 is 2. The summed E-state index contributed by atoms with van der Waals surface area (Å²) in [5.74, 6) is 1.25. The summed E-state index contributed by atoms with van der Waals surface area (Å²) >= 11 is 5.41. The molecule has 3 aromatic carbocycles. The van der Waals surface area contributed by atoms with Crippen LogP contribution in [0.2, 0.25) is 0 Å². The highest BCUT2D eigenvalue weighted by Gasteiger charge is 2.10. The zero-order chi connectivity index (χ0) is 20.2. The molecular weight excluding hydrogens is 384 g/mol. The first-order valence-electron chi connectivity index (χ1n) is 9.08. The van der Waals surface area contributed by atoms with Crippen molar-refractivity contribution in [1.82, 2.24) is 15.3 Å². The Bertz CT molecular complexity index is 1180. The molecule has 146 valence electrons. The Kier molecular flexibility index (Phi) is 5.39. The number of rotatable bonds is 5. The molecule has 0 atom stereocenters. The molecular formula is C22H20N4O2S. The molecule has 4 aromatic rings. The second-order valence-corrected chi connectivity index (χ2v) is 6.82. The molecule has 0 aliphatic heterocycles. The molecule has 0 saturated carbocycles. The second kappa shape index (κ2) is 8.28. The first-order valence-corrected chi connectivity index (χ1v) is 9.49. The molecule has 2 N–H and O–H groups in total. The minimum absolute atomic E-state index is 0.549. The van der Waals surface area contributed by atoms with E-state index in [1.54, 1.807) is 14.2 Å². The fourth-order valence-electron chi connectivity index (χ4n) is 3.03. The molecule has 6 nitrogen and oxygen atoms in total. The van der Waals surface area contributed by atoms with Gasteiger partial charge in [-0.25, -0.2) is 9.97 Å². The van der Waals surface area contributed by atoms with Gasteiger partial charge in [0.25, 0.3) is 0 Å². The lowest BCUT2D eigenvalue weighted by atomic mass is 10.2. The summed E-state index contributed by atoms with van der Waals surface area (Å²) in [6.07, 6.45) is 0. The smallest absolute Gasteiger partial charge is 0.171 e. The van der Waals surface area contributed by atoms with Crippen LogP contribution in [0.3, 0.4) is 0 Å². The van der Waals surface area contributed by atoms with Crippen LogP contribution in [-0.2, 0) is 6.54 Å². The Morgan fingerprint density at radius 1 is 0.828 bits per heavy atom. The summed E-state index contributed by atoms with van der Waals surface area (Å²) in [6.45, 7) is 0.659. The van der Waals surface area contributed by atoms with Crippen molar-refractivity contribution >= 4 is 45.1 Å². The normalized spacial score (nSPS) is 10.7. The fourth-order valence-corrected chi connectivity index (χ4v) is 3.22. The molecule has 0 radical (unpaired) electrons. The van der Waals surface area contributed by atoms with Crippen LogP contribution in [0.15, 0.2) is 60.7 Å². The third kappa shape index (κ3) is 4.20. The van der Waals surface area contributed by atoms with E-state index < -0.39 is 0 Å². The van der Waals surface area contributed by atoms with Crippen LogP contribution >= 0.6 is 12.2 Å². The quantitative estimate of drug-likeness (QED) is 0.380. The zero-order valence-corrected chi connectivity index (χ0v) is 16.9. The van der Waals surface area contributed by atoms with Crippen LogP contribution in [0.1, 0.15) is 5.56 Å². The highest BCUT2D eigenvalue weighted by atomic mass is 32.1. The van der Waals surface area contributed by atoms with E-state index >= 15 is 0 Å². The van der Waals surface area contributed by atoms with Crippen LogP contribution in [0.5, 0.6) is 11.5 Å². The molecule has 29 heavy (non-hydrogen) atoms. The van der Waals surface area contributed by atoms with E-state index in [1.165, 1.54) is 0 Å². The van der Waals surface area contributed by atoms with Gasteiger partial charge in [-0.05, 0) is 36.0 Å². The third-order valence-electron chi connectivity index (χ3n) is 4.49. The van der Waals surface area contributed by atoms with E-state index in [0.717, 1.165) is 33.3 Å². The first-order chi connectivity index (χ1) is 14.2. The van der Waals surface area contributed by atoms with Gasteiger partial charge < -0.3 is 20.1 Å². The molecule has 0 saturated heterocycles. The monoisotopic (exact) mass is 404 g/mol. The molecule has 0 fully saturated rings. The number of benzene rings is 3. The van der Waals surface area contributed by atoms with E-state index in [0.29, 0.717) is 23.2 Å². The van der Waals surface area contributed by atoms with Gasteiger partial charge in [0, 0.05) is 24.4 Å². The maximum atomic E-state index is 5.41. The molecule has 0 aliphatic rings. The summed E-state index contributed by atoms with van der Waals surface area (Å²) in [7, 11) is 3.20. The van der Waals surface area contributed by atoms with Crippen molar-refractivity contribution in [1.29, 1.82) is 0 Å². The summed E-state index contributed by atoms with van der Waals surface area (Å²) in [5, 5.41) is 6.96. The lowest BCUT2D eigenvalue weighted by molar-refractivity contribution is 0.355.